The van der Waals surface area contributed by atoms with Gasteiger partial charge in [-0.1, -0.05) is 19.3 Å². The first-order valence-corrected chi connectivity index (χ1v) is 9.30. The SMILES string of the molecule is NC1C2CCC(C2)C1C(=O)N(CC1CCCCC1)C1CC1. The van der Waals surface area contributed by atoms with E-state index in [0.29, 0.717) is 23.8 Å². The van der Waals surface area contributed by atoms with Gasteiger partial charge in [0.1, 0.15) is 0 Å². The van der Waals surface area contributed by atoms with E-state index in [-0.39, 0.29) is 12.0 Å². The molecule has 4 aliphatic rings. The molecule has 0 spiro atoms. The van der Waals surface area contributed by atoms with E-state index >= 15 is 0 Å². The maximum absolute atomic E-state index is 13.1. The summed E-state index contributed by atoms with van der Waals surface area (Å²) in [5, 5.41) is 0. The molecule has 2 N–H and O–H groups in total. The lowest BCUT2D eigenvalue weighted by Crippen LogP contribution is -2.49. The normalized spacial score (nSPS) is 39.7. The Hall–Kier alpha value is -0.570. The lowest BCUT2D eigenvalue weighted by Gasteiger charge is -2.35. The number of nitrogens with two attached hydrogens (primary N) is 1. The van der Waals surface area contributed by atoms with Gasteiger partial charge in [0.05, 0.1) is 5.92 Å². The first-order chi connectivity index (χ1) is 10.2. The zero-order valence-electron chi connectivity index (χ0n) is 13.2. The Morgan fingerprint density at radius 1 is 0.952 bits per heavy atom. The van der Waals surface area contributed by atoms with E-state index in [0.717, 1.165) is 12.5 Å². The standard InChI is InChI=1S/C18H30N2O/c19-17-14-7-6-13(10-14)16(17)18(21)20(15-8-9-15)11-12-4-2-1-3-5-12/h12-17H,1-11,19H2. The van der Waals surface area contributed by atoms with E-state index in [1.807, 2.05) is 0 Å². The van der Waals surface area contributed by atoms with Crippen molar-refractivity contribution in [1.29, 1.82) is 0 Å². The van der Waals surface area contributed by atoms with E-state index in [1.165, 1.54) is 64.2 Å². The van der Waals surface area contributed by atoms with Crippen LogP contribution < -0.4 is 5.73 Å². The third kappa shape index (κ3) is 2.62. The van der Waals surface area contributed by atoms with Crippen molar-refractivity contribution >= 4 is 5.91 Å². The number of nitrogens with zero attached hydrogens (tertiary/aromatic N) is 1. The highest BCUT2D eigenvalue weighted by molar-refractivity contribution is 5.81. The second-order valence-corrected chi connectivity index (χ2v) is 8.16. The Morgan fingerprint density at radius 2 is 1.67 bits per heavy atom. The zero-order chi connectivity index (χ0) is 14.4. The molecule has 4 atom stereocenters. The molecule has 3 nitrogen and oxygen atoms in total. The first-order valence-electron chi connectivity index (χ1n) is 9.30. The van der Waals surface area contributed by atoms with E-state index in [4.69, 9.17) is 5.73 Å². The number of hydrogen-bond donors (Lipinski definition) is 1. The van der Waals surface area contributed by atoms with Crippen molar-refractivity contribution in [2.45, 2.75) is 76.3 Å². The van der Waals surface area contributed by atoms with Gasteiger partial charge in [0.15, 0.2) is 0 Å². The van der Waals surface area contributed by atoms with Crippen LogP contribution in [0, 0.1) is 23.7 Å². The van der Waals surface area contributed by atoms with Gasteiger partial charge in [-0.2, -0.15) is 0 Å². The highest BCUT2D eigenvalue weighted by atomic mass is 16.2. The molecule has 1 amide bonds. The number of rotatable bonds is 4. The first kappa shape index (κ1) is 14.0. The Bertz CT molecular complexity index is 398. The molecule has 0 aromatic heterocycles. The van der Waals surface area contributed by atoms with Crippen molar-refractivity contribution < 1.29 is 4.79 Å². The molecule has 0 heterocycles. The number of amides is 1. The van der Waals surface area contributed by atoms with E-state index in [1.54, 1.807) is 0 Å². The molecule has 4 rings (SSSR count). The van der Waals surface area contributed by atoms with Gasteiger partial charge < -0.3 is 10.6 Å². The summed E-state index contributed by atoms with van der Waals surface area (Å²) in [7, 11) is 0. The minimum Gasteiger partial charge on any atom is -0.339 e. The van der Waals surface area contributed by atoms with Crippen LogP contribution in [-0.2, 0) is 4.79 Å². The van der Waals surface area contributed by atoms with Gasteiger partial charge in [0.25, 0.3) is 0 Å². The van der Waals surface area contributed by atoms with Crippen molar-refractivity contribution in [3.05, 3.63) is 0 Å². The van der Waals surface area contributed by atoms with Crippen LogP contribution in [0.3, 0.4) is 0 Å². The van der Waals surface area contributed by atoms with Crippen molar-refractivity contribution in [1.82, 2.24) is 4.90 Å². The molecular formula is C18H30N2O. The van der Waals surface area contributed by atoms with E-state index in [9.17, 15) is 4.79 Å². The molecule has 3 heteroatoms. The predicted octanol–water partition coefficient (Wildman–Crippen LogP) is 2.93. The molecular weight excluding hydrogens is 260 g/mol. The fourth-order valence-electron chi connectivity index (χ4n) is 5.35. The number of carbonyl (C=O) groups is 1. The predicted molar refractivity (Wildman–Crippen MR) is 83.6 cm³/mol. The van der Waals surface area contributed by atoms with Crippen LogP contribution in [0.25, 0.3) is 0 Å². The molecule has 0 aromatic rings. The second-order valence-electron chi connectivity index (χ2n) is 8.16. The third-order valence-corrected chi connectivity index (χ3v) is 6.72. The molecule has 2 bridgehead atoms. The quantitative estimate of drug-likeness (QED) is 0.865. The minimum atomic E-state index is 0.156. The van der Waals surface area contributed by atoms with Crippen LogP contribution in [0.2, 0.25) is 0 Å². The van der Waals surface area contributed by atoms with Gasteiger partial charge in [0.2, 0.25) is 5.91 Å². The summed E-state index contributed by atoms with van der Waals surface area (Å²) in [6.07, 6.45) is 13.0. The zero-order valence-corrected chi connectivity index (χ0v) is 13.2. The lowest BCUT2D eigenvalue weighted by molar-refractivity contribution is -0.139. The Morgan fingerprint density at radius 3 is 2.29 bits per heavy atom. The van der Waals surface area contributed by atoms with Crippen molar-refractivity contribution in [2.75, 3.05) is 6.54 Å². The van der Waals surface area contributed by atoms with Crippen LogP contribution in [0.15, 0.2) is 0 Å². The molecule has 0 aromatic carbocycles. The van der Waals surface area contributed by atoms with Crippen molar-refractivity contribution in [3.8, 4) is 0 Å². The molecule has 4 aliphatic carbocycles. The van der Waals surface area contributed by atoms with E-state index in [2.05, 4.69) is 4.90 Å². The third-order valence-electron chi connectivity index (χ3n) is 6.72. The largest absolute Gasteiger partial charge is 0.339 e. The summed E-state index contributed by atoms with van der Waals surface area (Å²) in [5.41, 5.74) is 6.41. The van der Waals surface area contributed by atoms with Crippen LogP contribution in [0.5, 0.6) is 0 Å². The van der Waals surface area contributed by atoms with Crippen LogP contribution >= 0.6 is 0 Å². The van der Waals surface area contributed by atoms with Crippen molar-refractivity contribution in [3.63, 3.8) is 0 Å². The summed E-state index contributed by atoms with van der Waals surface area (Å²) in [6.45, 7) is 1.03. The number of carbonyl (C=O) groups excluding carboxylic acids is 1. The van der Waals surface area contributed by atoms with Crippen LogP contribution in [-0.4, -0.2) is 29.4 Å². The fraction of sp³-hybridized carbons (Fsp3) is 0.944. The summed E-state index contributed by atoms with van der Waals surface area (Å²) in [5.74, 6) is 2.60. The smallest absolute Gasteiger partial charge is 0.227 e. The van der Waals surface area contributed by atoms with Gasteiger partial charge >= 0.3 is 0 Å². The van der Waals surface area contributed by atoms with Gasteiger partial charge in [-0.05, 0) is 62.7 Å². The second kappa shape index (κ2) is 5.57. The molecule has 0 radical (unpaired) electrons. The van der Waals surface area contributed by atoms with Crippen molar-refractivity contribution in [2.24, 2.45) is 29.4 Å². The molecule has 0 saturated heterocycles. The topological polar surface area (TPSA) is 46.3 Å². The monoisotopic (exact) mass is 290 g/mol. The van der Waals surface area contributed by atoms with E-state index < -0.39 is 0 Å². The van der Waals surface area contributed by atoms with Crippen LogP contribution in [0.4, 0.5) is 0 Å². The molecule has 4 unspecified atom stereocenters. The van der Waals surface area contributed by atoms with Crippen LogP contribution in [0.1, 0.15) is 64.2 Å². The van der Waals surface area contributed by atoms with Gasteiger partial charge in [-0.15, -0.1) is 0 Å². The molecule has 21 heavy (non-hydrogen) atoms. The number of fused-ring (bicyclic) bond motifs is 2. The van der Waals surface area contributed by atoms with Gasteiger partial charge in [-0.25, -0.2) is 0 Å². The van der Waals surface area contributed by atoms with Gasteiger partial charge in [-0.3, -0.25) is 4.79 Å². The minimum absolute atomic E-state index is 0.156. The Kier molecular flexibility index (Phi) is 3.72. The average molecular weight is 290 g/mol. The highest BCUT2D eigenvalue weighted by Gasteiger charge is 2.51. The maximum atomic E-state index is 13.1. The fourth-order valence-corrected chi connectivity index (χ4v) is 5.35. The summed E-state index contributed by atoms with van der Waals surface area (Å²) in [4.78, 5) is 15.4. The number of hydrogen-bond acceptors (Lipinski definition) is 2. The summed E-state index contributed by atoms with van der Waals surface area (Å²) < 4.78 is 0. The molecule has 118 valence electrons. The lowest BCUT2D eigenvalue weighted by atomic mass is 9.83. The molecule has 0 aliphatic heterocycles. The Balaban J connectivity index is 1.44. The Labute approximate surface area is 128 Å². The summed E-state index contributed by atoms with van der Waals surface area (Å²) >= 11 is 0. The molecule has 4 saturated carbocycles. The molecule has 4 fully saturated rings. The van der Waals surface area contributed by atoms with Gasteiger partial charge in [0, 0.05) is 18.6 Å². The average Bonchev–Trinajstić information content (AvgIpc) is 3.16. The highest BCUT2D eigenvalue weighted by Crippen LogP contribution is 2.49. The maximum Gasteiger partial charge on any atom is 0.227 e. The summed E-state index contributed by atoms with van der Waals surface area (Å²) in [6, 6.07) is 0.717.